The van der Waals surface area contributed by atoms with Crippen LogP contribution in [0.5, 0.6) is 0 Å². The Bertz CT molecular complexity index is 469. The van der Waals surface area contributed by atoms with Crippen molar-refractivity contribution in [2.75, 3.05) is 0 Å². The van der Waals surface area contributed by atoms with Gasteiger partial charge in [-0.2, -0.15) is 25.3 Å². The van der Waals surface area contributed by atoms with Crippen LogP contribution in [0.4, 0.5) is 0 Å². The second kappa shape index (κ2) is 6.34. The Balaban J connectivity index is 0. The fourth-order valence-corrected chi connectivity index (χ4v) is 1.06. The van der Waals surface area contributed by atoms with Gasteiger partial charge in [0.05, 0.1) is 0 Å². The van der Waals surface area contributed by atoms with E-state index >= 15 is 0 Å². The highest BCUT2D eigenvalue weighted by molar-refractivity contribution is 7.94. The van der Waals surface area contributed by atoms with Gasteiger partial charge in [0.2, 0.25) is 0 Å². The largest absolute Gasteiger partial charge is 0.442 e. The van der Waals surface area contributed by atoms with Crippen molar-refractivity contribution >= 4 is 31.2 Å². The Kier molecular flexibility index (Phi) is 7.11. The first-order chi connectivity index (χ1) is 6.83. The molecule has 0 aliphatic carbocycles. The van der Waals surface area contributed by atoms with Gasteiger partial charge < -0.3 is 0 Å². The van der Waals surface area contributed by atoms with Gasteiger partial charge >= 0.3 is 31.2 Å². The van der Waals surface area contributed by atoms with E-state index < -0.39 is 31.2 Å². The van der Waals surface area contributed by atoms with Crippen LogP contribution in [0.3, 0.4) is 0 Å². The Labute approximate surface area is 88.9 Å². The van der Waals surface area contributed by atoms with Crippen LogP contribution in [-0.2, 0) is 43.5 Å². The molecule has 0 fully saturated rings. The predicted octanol–water partition coefficient (Wildman–Crippen LogP) is -2.18. The van der Waals surface area contributed by atoms with Gasteiger partial charge in [0, 0.05) is 0 Å². The Morgan fingerprint density at radius 2 is 1.00 bits per heavy atom. The van der Waals surface area contributed by atoms with E-state index in [0.717, 1.165) is 0 Å². The molecule has 0 radical (unpaired) electrons. The molecule has 0 aromatic rings. The summed E-state index contributed by atoms with van der Waals surface area (Å²) in [4.78, 5) is 0. The molecule has 0 unspecified atom stereocenters. The summed E-state index contributed by atoms with van der Waals surface area (Å²) in [5.41, 5.74) is 0. The van der Waals surface area contributed by atoms with E-state index in [-0.39, 0.29) is 0 Å². The molecule has 0 aliphatic heterocycles. The zero-order chi connectivity index (χ0) is 13.6. The molecule has 0 atom stereocenters. The SMILES string of the molecule is O=S(=O)(O)OO.O=S(=O)(O)OS(=O)(=O)OO. The lowest BCUT2D eigenvalue weighted by molar-refractivity contribution is -0.139. The third-order valence-corrected chi connectivity index (χ3v) is 2.08. The van der Waals surface area contributed by atoms with Gasteiger partial charge in [-0.1, -0.05) is 12.3 Å². The Hall–Kier alpha value is -0.430. The molecule has 4 N–H and O–H groups in total. The molecular weight excluding hydrogens is 304 g/mol. The van der Waals surface area contributed by atoms with Crippen molar-refractivity contribution in [2.45, 2.75) is 0 Å². The van der Waals surface area contributed by atoms with E-state index in [2.05, 4.69) is 12.3 Å². The fraction of sp³-hybridized carbons (Fsp3) is 0. The molecule has 0 saturated heterocycles. The number of hydrogen-bond donors (Lipinski definition) is 4. The van der Waals surface area contributed by atoms with Gasteiger partial charge in [0.15, 0.2) is 0 Å². The fourth-order valence-electron chi connectivity index (χ4n) is 0.118. The first kappa shape index (κ1) is 17.9. The average Bonchev–Trinajstić information content (AvgIpc) is 2.00. The molecule has 0 amide bonds. The first-order valence-electron chi connectivity index (χ1n) is 2.40. The summed E-state index contributed by atoms with van der Waals surface area (Å²) in [6.45, 7) is 0. The predicted molar refractivity (Wildman–Crippen MR) is 40.5 cm³/mol. The molecule has 100 valence electrons. The second-order valence-corrected chi connectivity index (χ2v) is 4.85. The van der Waals surface area contributed by atoms with Crippen molar-refractivity contribution in [3.05, 3.63) is 0 Å². The van der Waals surface area contributed by atoms with Gasteiger partial charge in [-0.25, -0.2) is 10.5 Å². The highest BCUT2D eigenvalue weighted by Gasteiger charge is 2.20. The van der Waals surface area contributed by atoms with Gasteiger partial charge in [-0.15, -0.1) is 0 Å². The van der Waals surface area contributed by atoms with Crippen molar-refractivity contribution in [2.24, 2.45) is 0 Å². The summed E-state index contributed by atoms with van der Waals surface area (Å²) < 4.78 is 79.6. The number of hydrogen-bond acceptors (Lipinski definition) is 11. The first-order valence-corrected chi connectivity index (χ1v) is 6.46. The molecule has 0 aromatic heterocycles. The molecule has 16 heteroatoms. The summed E-state index contributed by atoms with van der Waals surface area (Å²) in [7, 11) is -14.8. The van der Waals surface area contributed by atoms with E-state index in [4.69, 9.17) is 28.0 Å². The van der Waals surface area contributed by atoms with Crippen molar-refractivity contribution in [1.29, 1.82) is 0 Å². The smallest absolute Gasteiger partial charge is 0.263 e. The molecule has 0 bridgehead atoms. The third kappa shape index (κ3) is 16.0. The Morgan fingerprint density at radius 3 is 1.06 bits per heavy atom. The third-order valence-electron chi connectivity index (χ3n) is 0.355. The van der Waals surface area contributed by atoms with Gasteiger partial charge in [0.25, 0.3) is 0 Å². The zero-order valence-electron chi connectivity index (χ0n) is 6.69. The quantitative estimate of drug-likeness (QED) is 0.247. The Morgan fingerprint density at radius 1 is 0.688 bits per heavy atom. The van der Waals surface area contributed by atoms with Crippen LogP contribution in [0.15, 0.2) is 0 Å². The maximum absolute atomic E-state index is 9.78. The highest BCUT2D eigenvalue weighted by atomic mass is 32.3. The summed E-state index contributed by atoms with van der Waals surface area (Å²) in [5, 5.41) is 14.4. The molecule has 0 aromatic carbocycles. The van der Waals surface area contributed by atoms with Crippen molar-refractivity contribution in [1.82, 2.24) is 0 Å². The molecule has 0 rings (SSSR count). The van der Waals surface area contributed by atoms with Crippen LogP contribution in [0.2, 0.25) is 0 Å². The molecule has 0 spiro atoms. The minimum Gasteiger partial charge on any atom is -0.263 e. The van der Waals surface area contributed by atoms with Crippen LogP contribution in [-0.4, -0.2) is 44.9 Å². The highest BCUT2D eigenvalue weighted by Crippen LogP contribution is 1.97. The van der Waals surface area contributed by atoms with Crippen LogP contribution < -0.4 is 0 Å². The van der Waals surface area contributed by atoms with Crippen LogP contribution in [0, 0.1) is 0 Å². The summed E-state index contributed by atoms with van der Waals surface area (Å²) in [6.07, 6.45) is 0. The minimum absolute atomic E-state index is 2.47. The molecule has 0 saturated carbocycles. The van der Waals surface area contributed by atoms with E-state index in [1.807, 2.05) is 0 Å². The van der Waals surface area contributed by atoms with Crippen LogP contribution in [0.25, 0.3) is 0 Å². The topological polar surface area (TPSA) is 211 Å². The van der Waals surface area contributed by atoms with Crippen molar-refractivity contribution in [3.63, 3.8) is 0 Å². The maximum atomic E-state index is 9.78. The lowest BCUT2D eigenvalue weighted by Crippen LogP contribution is -2.13. The second-order valence-electron chi connectivity index (χ2n) is 1.48. The number of rotatable bonds is 4. The summed E-state index contributed by atoms with van der Waals surface area (Å²) in [6, 6.07) is 0. The zero-order valence-corrected chi connectivity index (χ0v) is 9.14. The van der Waals surface area contributed by atoms with E-state index in [9.17, 15) is 16.8 Å². The molecule has 0 heterocycles. The van der Waals surface area contributed by atoms with Crippen LogP contribution >= 0.6 is 0 Å². The van der Waals surface area contributed by atoms with E-state index in [1.165, 1.54) is 0 Å². The van der Waals surface area contributed by atoms with E-state index in [0.29, 0.717) is 0 Å². The standard InChI is InChI=1S/H2O8S2.H2O5S/c1-7-10(5,6)8-9(2,3)4;1-5-6(2,3)4/h1H,(H,2,3,4);1H,(H,2,3,4). The minimum atomic E-state index is -5.17. The normalized spacial score (nSPS) is 12.8. The maximum Gasteiger partial charge on any atom is 0.442 e. The van der Waals surface area contributed by atoms with Gasteiger partial charge in [-0.05, 0) is 0 Å². The van der Waals surface area contributed by atoms with Crippen molar-refractivity contribution < 1.29 is 57.2 Å². The van der Waals surface area contributed by atoms with E-state index in [1.54, 1.807) is 0 Å². The van der Waals surface area contributed by atoms with Gasteiger partial charge in [0.1, 0.15) is 0 Å². The molecule has 0 aliphatic rings. The van der Waals surface area contributed by atoms with Crippen molar-refractivity contribution in [3.8, 4) is 0 Å². The van der Waals surface area contributed by atoms with Crippen LogP contribution in [0.1, 0.15) is 0 Å². The average molecular weight is 308 g/mol. The lowest BCUT2D eigenvalue weighted by atomic mass is 15.0. The summed E-state index contributed by atoms with van der Waals surface area (Å²) in [5.74, 6) is 0. The van der Waals surface area contributed by atoms with Gasteiger partial charge in [-0.3, -0.25) is 9.11 Å². The molecule has 16 heavy (non-hydrogen) atoms. The lowest BCUT2D eigenvalue weighted by Gasteiger charge is -1.93. The molecular formula is H4O13S3. The monoisotopic (exact) mass is 308 g/mol. The molecule has 13 nitrogen and oxygen atoms in total. The summed E-state index contributed by atoms with van der Waals surface area (Å²) >= 11 is 0.